The lowest BCUT2D eigenvalue weighted by Gasteiger charge is -2.26. The van der Waals surface area contributed by atoms with Crippen molar-refractivity contribution in [3.05, 3.63) is 70.3 Å². The molecule has 1 saturated heterocycles. The summed E-state index contributed by atoms with van der Waals surface area (Å²) in [5.41, 5.74) is 1.25. The minimum Gasteiger partial charge on any atom is -0.507 e. The molecule has 158 valence electrons. The molecule has 1 unspecified atom stereocenters. The van der Waals surface area contributed by atoms with Gasteiger partial charge < -0.3 is 19.6 Å². The molecule has 1 amide bonds. The highest BCUT2D eigenvalue weighted by atomic mass is 35.5. The topological polar surface area (TPSA) is 70.1 Å². The van der Waals surface area contributed by atoms with E-state index >= 15 is 0 Å². The summed E-state index contributed by atoms with van der Waals surface area (Å²) in [6.45, 7) is 1.17. The van der Waals surface area contributed by atoms with Crippen LogP contribution >= 0.6 is 11.6 Å². The largest absolute Gasteiger partial charge is 0.507 e. The van der Waals surface area contributed by atoms with Gasteiger partial charge in [0.25, 0.3) is 11.7 Å². The van der Waals surface area contributed by atoms with Crippen molar-refractivity contribution in [3.8, 4) is 5.75 Å². The number of hydrogen-bond donors (Lipinski definition) is 1. The van der Waals surface area contributed by atoms with Crippen LogP contribution in [-0.2, 0) is 9.59 Å². The molecule has 3 rings (SSSR count). The van der Waals surface area contributed by atoms with Crippen LogP contribution in [0.5, 0.6) is 5.75 Å². The predicted molar refractivity (Wildman–Crippen MR) is 117 cm³/mol. The number of nitrogens with zero attached hydrogens (tertiary/aromatic N) is 2. The monoisotopic (exact) mass is 428 g/mol. The highest BCUT2D eigenvalue weighted by Crippen LogP contribution is 2.39. The SMILES string of the molecule is COc1ccc(/C(O)=C2\C(=O)C(=O)N(CCCN(C)C)C2c2ccc(Cl)cc2)cc1. The lowest BCUT2D eigenvalue weighted by Crippen LogP contribution is -2.32. The Kier molecular flexibility index (Phi) is 6.80. The molecule has 1 atom stereocenters. The maximum Gasteiger partial charge on any atom is 0.295 e. The molecule has 1 aliphatic rings. The molecule has 1 heterocycles. The number of carbonyl (C=O) groups excluding carboxylic acids is 2. The second-order valence-corrected chi connectivity index (χ2v) is 7.87. The van der Waals surface area contributed by atoms with Crippen LogP contribution < -0.4 is 4.74 Å². The molecule has 2 aromatic rings. The van der Waals surface area contributed by atoms with Crippen molar-refractivity contribution in [1.82, 2.24) is 9.80 Å². The lowest BCUT2D eigenvalue weighted by molar-refractivity contribution is -0.139. The van der Waals surface area contributed by atoms with E-state index in [4.69, 9.17) is 16.3 Å². The van der Waals surface area contributed by atoms with Crippen LogP contribution in [0.3, 0.4) is 0 Å². The fourth-order valence-electron chi connectivity index (χ4n) is 3.56. The number of benzene rings is 2. The van der Waals surface area contributed by atoms with Gasteiger partial charge in [0.2, 0.25) is 0 Å². The van der Waals surface area contributed by atoms with Gasteiger partial charge >= 0.3 is 0 Å². The zero-order valence-corrected chi connectivity index (χ0v) is 18.0. The first kappa shape index (κ1) is 21.9. The first-order valence-corrected chi connectivity index (χ1v) is 10.0. The summed E-state index contributed by atoms with van der Waals surface area (Å²) in [4.78, 5) is 29.3. The van der Waals surface area contributed by atoms with Crippen molar-refractivity contribution in [1.29, 1.82) is 0 Å². The molecule has 1 fully saturated rings. The van der Waals surface area contributed by atoms with Gasteiger partial charge in [0.15, 0.2) is 0 Å². The van der Waals surface area contributed by atoms with Crippen molar-refractivity contribution in [2.75, 3.05) is 34.3 Å². The van der Waals surface area contributed by atoms with Gasteiger partial charge in [-0.3, -0.25) is 9.59 Å². The minimum atomic E-state index is -0.687. The molecular formula is C23H25ClN2O4. The van der Waals surface area contributed by atoms with Crippen molar-refractivity contribution in [3.63, 3.8) is 0 Å². The van der Waals surface area contributed by atoms with Gasteiger partial charge in [-0.15, -0.1) is 0 Å². The first-order valence-electron chi connectivity index (χ1n) is 9.66. The third-order valence-corrected chi connectivity index (χ3v) is 5.35. The summed E-state index contributed by atoms with van der Waals surface area (Å²) >= 11 is 6.03. The Morgan fingerprint density at radius 2 is 1.73 bits per heavy atom. The molecule has 1 aliphatic heterocycles. The van der Waals surface area contributed by atoms with Gasteiger partial charge in [-0.05, 0) is 69.0 Å². The Hall–Kier alpha value is -2.83. The summed E-state index contributed by atoms with van der Waals surface area (Å²) in [6.07, 6.45) is 0.701. The van der Waals surface area contributed by atoms with Crippen LogP contribution in [-0.4, -0.2) is 60.9 Å². The molecular weight excluding hydrogens is 404 g/mol. The van der Waals surface area contributed by atoms with Crippen molar-refractivity contribution >= 4 is 29.1 Å². The molecule has 0 bridgehead atoms. The van der Waals surface area contributed by atoms with Crippen molar-refractivity contribution < 1.29 is 19.4 Å². The Balaban J connectivity index is 2.06. The average Bonchev–Trinajstić information content (AvgIpc) is 2.98. The standard InChI is InChI=1S/C23H25ClN2O4/c1-25(2)13-4-14-26-20(15-5-9-17(24)10-6-15)19(22(28)23(26)29)21(27)16-7-11-18(30-3)12-8-16/h5-12,20,27H,4,13-14H2,1-3H3/b21-19+. The highest BCUT2D eigenvalue weighted by Gasteiger charge is 2.45. The number of methoxy groups -OCH3 is 1. The van der Waals surface area contributed by atoms with Crippen LogP contribution in [0, 0.1) is 0 Å². The van der Waals surface area contributed by atoms with E-state index in [1.54, 1.807) is 55.6 Å². The van der Waals surface area contributed by atoms with E-state index in [-0.39, 0.29) is 11.3 Å². The molecule has 30 heavy (non-hydrogen) atoms. The van der Waals surface area contributed by atoms with E-state index in [1.165, 1.54) is 4.90 Å². The molecule has 0 aromatic heterocycles. The number of hydrogen-bond acceptors (Lipinski definition) is 5. The third-order valence-electron chi connectivity index (χ3n) is 5.09. The van der Waals surface area contributed by atoms with E-state index in [1.807, 2.05) is 19.0 Å². The van der Waals surface area contributed by atoms with Gasteiger partial charge in [0, 0.05) is 17.1 Å². The van der Waals surface area contributed by atoms with Gasteiger partial charge in [-0.2, -0.15) is 0 Å². The van der Waals surface area contributed by atoms with Crippen molar-refractivity contribution in [2.24, 2.45) is 0 Å². The molecule has 0 saturated carbocycles. The lowest BCUT2D eigenvalue weighted by atomic mass is 9.95. The van der Waals surface area contributed by atoms with Crippen LogP contribution in [0.1, 0.15) is 23.6 Å². The van der Waals surface area contributed by atoms with Crippen LogP contribution in [0.15, 0.2) is 54.1 Å². The normalized spacial score (nSPS) is 18.3. The molecule has 2 aromatic carbocycles. The summed E-state index contributed by atoms with van der Waals surface area (Å²) in [7, 11) is 5.46. The number of amides is 1. The molecule has 7 heteroatoms. The van der Waals surface area contributed by atoms with E-state index in [2.05, 4.69) is 0 Å². The van der Waals surface area contributed by atoms with E-state index in [9.17, 15) is 14.7 Å². The van der Waals surface area contributed by atoms with Gasteiger partial charge in [-0.1, -0.05) is 23.7 Å². The van der Waals surface area contributed by atoms with E-state index < -0.39 is 17.7 Å². The fraction of sp³-hybridized carbons (Fsp3) is 0.304. The van der Waals surface area contributed by atoms with Gasteiger partial charge in [0.05, 0.1) is 18.7 Å². The molecule has 0 radical (unpaired) electrons. The van der Waals surface area contributed by atoms with Crippen LogP contribution in [0.2, 0.25) is 5.02 Å². The third kappa shape index (κ3) is 4.50. The molecule has 0 aliphatic carbocycles. The molecule has 6 nitrogen and oxygen atoms in total. The Morgan fingerprint density at radius 1 is 1.10 bits per heavy atom. The van der Waals surface area contributed by atoms with E-state index in [0.717, 1.165) is 12.1 Å². The summed E-state index contributed by atoms with van der Waals surface area (Å²) in [5, 5.41) is 11.5. The van der Waals surface area contributed by atoms with Crippen molar-refractivity contribution in [2.45, 2.75) is 12.5 Å². The average molecular weight is 429 g/mol. The predicted octanol–water partition coefficient (Wildman–Crippen LogP) is 3.72. The highest BCUT2D eigenvalue weighted by molar-refractivity contribution is 6.46. The number of aliphatic hydroxyl groups is 1. The Labute approximate surface area is 181 Å². The number of carbonyl (C=O) groups is 2. The maximum absolute atomic E-state index is 12.9. The quantitative estimate of drug-likeness (QED) is 0.413. The Morgan fingerprint density at radius 3 is 2.30 bits per heavy atom. The fourth-order valence-corrected chi connectivity index (χ4v) is 3.69. The van der Waals surface area contributed by atoms with Crippen LogP contribution in [0.4, 0.5) is 0 Å². The number of halogens is 1. The number of Topliss-reactive ketones (excluding diaryl/α,β-unsaturated/α-hetero) is 1. The molecule has 1 N–H and O–H groups in total. The van der Waals surface area contributed by atoms with E-state index in [0.29, 0.717) is 29.3 Å². The minimum absolute atomic E-state index is 0.0809. The molecule has 0 spiro atoms. The van der Waals surface area contributed by atoms with Crippen LogP contribution in [0.25, 0.3) is 5.76 Å². The summed E-state index contributed by atoms with van der Waals surface area (Å²) in [6, 6.07) is 13.0. The van der Waals surface area contributed by atoms with Gasteiger partial charge in [-0.25, -0.2) is 0 Å². The zero-order valence-electron chi connectivity index (χ0n) is 17.3. The Bertz CT molecular complexity index is 952. The maximum atomic E-state index is 12.9. The summed E-state index contributed by atoms with van der Waals surface area (Å²) in [5.74, 6) is -0.868. The number of ether oxygens (including phenoxy) is 1. The first-order chi connectivity index (χ1) is 14.3. The number of ketones is 1. The number of rotatable bonds is 7. The number of likely N-dealkylation sites (tertiary alicyclic amines) is 1. The number of aliphatic hydroxyl groups excluding tert-OH is 1. The summed E-state index contributed by atoms with van der Waals surface area (Å²) < 4.78 is 5.15. The van der Waals surface area contributed by atoms with Gasteiger partial charge in [0.1, 0.15) is 11.5 Å². The smallest absolute Gasteiger partial charge is 0.295 e. The zero-order chi connectivity index (χ0) is 21.8. The second-order valence-electron chi connectivity index (χ2n) is 7.43. The second kappa shape index (κ2) is 9.32.